The van der Waals surface area contributed by atoms with Crippen molar-refractivity contribution in [3.05, 3.63) is 65.0 Å². The molecular weight excluding hydrogens is 351 g/mol. The summed E-state index contributed by atoms with van der Waals surface area (Å²) >= 11 is 0. The number of carbonyl (C=O) groups is 2. The Morgan fingerprint density at radius 1 is 1.30 bits per heavy atom. The van der Waals surface area contributed by atoms with Gasteiger partial charge in [0.15, 0.2) is 11.6 Å². The van der Waals surface area contributed by atoms with Crippen molar-refractivity contribution in [2.75, 3.05) is 19.1 Å². The van der Waals surface area contributed by atoms with E-state index in [9.17, 15) is 19.1 Å². The van der Waals surface area contributed by atoms with E-state index in [1.807, 2.05) is 0 Å². The predicted molar refractivity (Wildman–Crippen MR) is 98.8 cm³/mol. The Morgan fingerprint density at radius 3 is 2.70 bits per heavy atom. The summed E-state index contributed by atoms with van der Waals surface area (Å²) in [5.41, 5.74) is 1.38. The average molecular weight is 370 g/mol. The highest BCUT2D eigenvalue weighted by atomic mass is 19.1. The van der Waals surface area contributed by atoms with Gasteiger partial charge in [0.25, 0.3) is 5.91 Å². The number of ether oxygens (including phenoxy) is 1. The zero-order valence-corrected chi connectivity index (χ0v) is 15.0. The zero-order valence-electron chi connectivity index (χ0n) is 15.0. The molecule has 7 heteroatoms. The van der Waals surface area contributed by atoms with Gasteiger partial charge < -0.3 is 20.1 Å². The minimum absolute atomic E-state index is 0.00152. The number of carbonyl (C=O) groups excluding carboxylic acids is 2. The van der Waals surface area contributed by atoms with Crippen molar-refractivity contribution in [2.45, 2.75) is 13.0 Å². The lowest BCUT2D eigenvalue weighted by Gasteiger charge is -2.23. The number of hydrogen-bond acceptors (Lipinski definition) is 4. The second kappa shape index (κ2) is 7.49. The number of nitrogens with zero attached hydrogens (tertiary/aromatic N) is 1. The number of rotatable bonds is 4. The summed E-state index contributed by atoms with van der Waals surface area (Å²) in [5, 5.41) is 13.0. The number of hydrogen-bond donors (Lipinski definition) is 2. The number of anilines is 1. The Kier molecular flexibility index (Phi) is 5.12. The molecule has 0 spiro atoms. The minimum Gasteiger partial charge on any atom is -0.507 e. The maximum Gasteiger partial charge on any atom is 0.251 e. The Labute approximate surface area is 155 Å². The van der Waals surface area contributed by atoms with Gasteiger partial charge in [0.05, 0.1) is 31.3 Å². The fourth-order valence-electron chi connectivity index (χ4n) is 3.04. The highest BCUT2D eigenvalue weighted by molar-refractivity contribution is 6.10. The van der Waals surface area contributed by atoms with Crippen LogP contribution in [0.15, 0.2) is 48.0 Å². The number of aliphatic hydroxyl groups is 1. The molecule has 2 N–H and O–H groups in total. The van der Waals surface area contributed by atoms with Crippen molar-refractivity contribution in [1.29, 1.82) is 0 Å². The maximum absolute atomic E-state index is 14.0. The Balaban J connectivity index is 2.03. The van der Waals surface area contributed by atoms with Gasteiger partial charge in [-0.1, -0.05) is 18.2 Å². The molecule has 0 aliphatic carbocycles. The van der Waals surface area contributed by atoms with E-state index >= 15 is 0 Å². The smallest absolute Gasteiger partial charge is 0.251 e. The molecule has 140 valence electrons. The fraction of sp³-hybridized carbons (Fsp3) is 0.200. The fourth-order valence-corrected chi connectivity index (χ4v) is 3.04. The van der Waals surface area contributed by atoms with E-state index < -0.39 is 11.7 Å². The number of fused-ring (bicyclic) bond motifs is 1. The third kappa shape index (κ3) is 3.48. The van der Waals surface area contributed by atoms with Gasteiger partial charge in [-0.3, -0.25) is 9.59 Å². The summed E-state index contributed by atoms with van der Waals surface area (Å²) in [6.07, 6.45) is -0.265. The second-order valence-electron chi connectivity index (χ2n) is 6.05. The second-order valence-corrected chi connectivity index (χ2v) is 6.05. The van der Waals surface area contributed by atoms with E-state index in [0.717, 1.165) is 0 Å². The van der Waals surface area contributed by atoms with Crippen LogP contribution in [0.1, 0.15) is 17.5 Å². The highest BCUT2D eigenvalue weighted by Gasteiger charge is 2.30. The van der Waals surface area contributed by atoms with Crippen LogP contribution in [0, 0.1) is 5.82 Å². The number of para-hydroxylation sites is 1. The first-order valence-corrected chi connectivity index (χ1v) is 8.32. The molecule has 2 aromatic rings. The topological polar surface area (TPSA) is 78.9 Å². The van der Waals surface area contributed by atoms with E-state index in [2.05, 4.69) is 5.32 Å². The van der Waals surface area contributed by atoms with E-state index in [0.29, 0.717) is 16.8 Å². The van der Waals surface area contributed by atoms with Gasteiger partial charge in [-0.15, -0.1) is 0 Å². The molecule has 0 unspecified atom stereocenters. The summed E-state index contributed by atoms with van der Waals surface area (Å²) < 4.78 is 18.9. The van der Waals surface area contributed by atoms with Crippen LogP contribution in [-0.2, 0) is 16.1 Å². The summed E-state index contributed by atoms with van der Waals surface area (Å²) in [5.74, 6) is -1.55. The molecule has 1 aliphatic heterocycles. The van der Waals surface area contributed by atoms with Gasteiger partial charge in [-0.05, 0) is 29.8 Å². The first kappa shape index (κ1) is 18.4. The standard InChI is InChI=1S/C20H19FN2O4/c1-22-20(26)14-10-18(24)23(16-6-4-3-5-13(16)19(14)25)11-12-7-8-17(27-2)15(21)9-12/h3-9,25H,10-11H2,1-2H3,(H,22,26). The van der Waals surface area contributed by atoms with Crippen LogP contribution in [0.4, 0.5) is 10.1 Å². The third-order valence-electron chi connectivity index (χ3n) is 4.42. The van der Waals surface area contributed by atoms with Crippen LogP contribution < -0.4 is 15.0 Å². The first-order chi connectivity index (χ1) is 13.0. The monoisotopic (exact) mass is 370 g/mol. The van der Waals surface area contributed by atoms with E-state index in [4.69, 9.17) is 4.74 Å². The van der Waals surface area contributed by atoms with Crippen LogP contribution >= 0.6 is 0 Å². The molecule has 0 fully saturated rings. The quantitative estimate of drug-likeness (QED) is 0.868. The molecule has 0 saturated heterocycles. The number of amides is 2. The van der Waals surface area contributed by atoms with Crippen LogP contribution in [0.25, 0.3) is 5.76 Å². The van der Waals surface area contributed by atoms with Crippen molar-refractivity contribution >= 4 is 23.3 Å². The van der Waals surface area contributed by atoms with Crippen molar-refractivity contribution in [2.24, 2.45) is 0 Å². The number of methoxy groups -OCH3 is 1. The molecule has 2 aromatic carbocycles. The van der Waals surface area contributed by atoms with Gasteiger partial charge in [0.1, 0.15) is 5.76 Å². The van der Waals surface area contributed by atoms with E-state index in [1.165, 1.54) is 31.2 Å². The van der Waals surface area contributed by atoms with Gasteiger partial charge in [-0.25, -0.2) is 4.39 Å². The summed E-state index contributed by atoms with van der Waals surface area (Å²) in [6.45, 7) is 0.0884. The van der Waals surface area contributed by atoms with Crippen LogP contribution in [0.2, 0.25) is 0 Å². The molecular formula is C20H19FN2O4. The number of likely N-dealkylation sites (N-methyl/N-ethyl adjacent to an activating group) is 1. The van der Waals surface area contributed by atoms with Crippen molar-refractivity contribution in [3.8, 4) is 5.75 Å². The summed E-state index contributed by atoms with van der Waals surface area (Å²) in [7, 11) is 2.81. The molecule has 0 bridgehead atoms. The van der Waals surface area contributed by atoms with Crippen molar-refractivity contribution < 1.29 is 23.8 Å². The lowest BCUT2D eigenvalue weighted by Crippen LogP contribution is -2.31. The average Bonchev–Trinajstić information content (AvgIpc) is 2.78. The van der Waals surface area contributed by atoms with Crippen molar-refractivity contribution in [1.82, 2.24) is 5.32 Å². The number of halogens is 1. The SMILES string of the molecule is CNC(=O)C1=C(O)c2ccccc2N(Cc2ccc(OC)c(F)c2)C(=O)C1. The van der Waals surface area contributed by atoms with Gasteiger partial charge in [-0.2, -0.15) is 0 Å². The summed E-state index contributed by atoms with van der Waals surface area (Å²) in [4.78, 5) is 26.4. The third-order valence-corrected chi connectivity index (χ3v) is 4.42. The molecule has 27 heavy (non-hydrogen) atoms. The number of benzene rings is 2. The molecule has 2 amide bonds. The molecule has 0 atom stereocenters. The minimum atomic E-state index is -0.530. The predicted octanol–water partition coefficient (Wildman–Crippen LogP) is 2.79. The van der Waals surface area contributed by atoms with E-state index in [1.54, 1.807) is 30.3 Å². The molecule has 6 nitrogen and oxygen atoms in total. The van der Waals surface area contributed by atoms with Gasteiger partial charge in [0, 0.05) is 12.6 Å². The molecule has 3 rings (SSSR count). The van der Waals surface area contributed by atoms with Gasteiger partial charge in [0.2, 0.25) is 5.91 Å². The molecule has 0 saturated carbocycles. The van der Waals surface area contributed by atoms with Crippen molar-refractivity contribution in [3.63, 3.8) is 0 Å². The maximum atomic E-state index is 14.0. The molecule has 1 heterocycles. The Morgan fingerprint density at radius 2 is 2.04 bits per heavy atom. The highest BCUT2D eigenvalue weighted by Crippen LogP contribution is 2.34. The lowest BCUT2D eigenvalue weighted by molar-refractivity contribution is -0.121. The normalized spacial score (nSPS) is 13.9. The van der Waals surface area contributed by atoms with Gasteiger partial charge >= 0.3 is 0 Å². The summed E-state index contributed by atoms with van der Waals surface area (Å²) in [6, 6.07) is 11.2. The molecule has 0 radical (unpaired) electrons. The first-order valence-electron chi connectivity index (χ1n) is 8.32. The number of aliphatic hydroxyl groups excluding tert-OH is 1. The Hall–Kier alpha value is -3.35. The van der Waals surface area contributed by atoms with Crippen LogP contribution in [0.5, 0.6) is 5.75 Å². The molecule has 1 aliphatic rings. The molecule has 0 aromatic heterocycles. The van der Waals surface area contributed by atoms with E-state index in [-0.39, 0.29) is 36.0 Å². The number of nitrogens with one attached hydrogen (secondary N) is 1. The lowest BCUT2D eigenvalue weighted by atomic mass is 10.1. The Bertz CT molecular complexity index is 939. The largest absolute Gasteiger partial charge is 0.507 e. The van der Waals surface area contributed by atoms with Crippen LogP contribution in [-0.4, -0.2) is 31.1 Å². The van der Waals surface area contributed by atoms with Crippen LogP contribution in [0.3, 0.4) is 0 Å². The zero-order chi connectivity index (χ0) is 19.6.